The number of aromatic nitrogens is 2. The molecule has 1 heterocycles. The molecule has 2 atom stereocenters. The minimum absolute atomic E-state index is 0. The largest absolute Gasteiger partial charge is 0.357 e. The van der Waals surface area contributed by atoms with Crippen LogP contribution in [0.25, 0.3) is 5.69 Å². The zero-order valence-electron chi connectivity index (χ0n) is 13.6. The van der Waals surface area contributed by atoms with Crippen molar-refractivity contribution in [3.63, 3.8) is 0 Å². The van der Waals surface area contributed by atoms with Crippen LogP contribution in [0.1, 0.15) is 25.8 Å². The van der Waals surface area contributed by atoms with Crippen molar-refractivity contribution in [3.05, 3.63) is 48.3 Å². The first kappa shape index (κ1) is 17.8. The summed E-state index contributed by atoms with van der Waals surface area (Å²) in [6, 6.07) is 10.8. The Morgan fingerprint density at radius 2 is 2.22 bits per heavy atom. The molecule has 0 aliphatic heterocycles. The lowest BCUT2D eigenvalue weighted by molar-refractivity contribution is 0.766. The van der Waals surface area contributed by atoms with Gasteiger partial charge in [-0.1, -0.05) is 19.1 Å². The van der Waals surface area contributed by atoms with E-state index < -0.39 is 0 Å². The lowest BCUT2D eigenvalue weighted by Crippen LogP contribution is -2.39. The van der Waals surface area contributed by atoms with E-state index in [4.69, 9.17) is 0 Å². The number of nitrogens with zero attached hydrogens (tertiary/aromatic N) is 3. The van der Waals surface area contributed by atoms with Gasteiger partial charge >= 0.3 is 0 Å². The van der Waals surface area contributed by atoms with Gasteiger partial charge in [0, 0.05) is 25.0 Å². The van der Waals surface area contributed by atoms with Gasteiger partial charge < -0.3 is 10.6 Å². The lowest BCUT2D eigenvalue weighted by atomic mass is 10.2. The van der Waals surface area contributed by atoms with Crippen LogP contribution < -0.4 is 10.6 Å². The van der Waals surface area contributed by atoms with Gasteiger partial charge in [-0.2, -0.15) is 5.10 Å². The summed E-state index contributed by atoms with van der Waals surface area (Å²) in [7, 11) is 0. The maximum absolute atomic E-state index is 4.69. The number of halogens is 1. The minimum atomic E-state index is 0. The van der Waals surface area contributed by atoms with E-state index in [1.807, 2.05) is 23.0 Å². The molecule has 1 aromatic heterocycles. The SMILES string of the molecule is CCNC(=NCc1cccc(-n2cccn2)c1)NC1CC1C.I. The highest BCUT2D eigenvalue weighted by molar-refractivity contribution is 14.0. The zero-order chi connectivity index (χ0) is 15.4. The van der Waals surface area contributed by atoms with E-state index in [2.05, 4.69) is 52.8 Å². The Labute approximate surface area is 154 Å². The van der Waals surface area contributed by atoms with Gasteiger partial charge in [-0.25, -0.2) is 9.67 Å². The molecule has 3 rings (SSSR count). The average molecular weight is 425 g/mol. The van der Waals surface area contributed by atoms with Gasteiger partial charge in [0.05, 0.1) is 12.2 Å². The van der Waals surface area contributed by atoms with Crippen molar-refractivity contribution in [2.24, 2.45) is 10.9 Å². The van der Waals surface area contributed by atoms with Crippen molar-refractivity contribution >= 4 is 29.9 Å². The summed E-state index contributed by atoms with van der Waals surface area (Å²) in [4.78, 5) is 4.69. The Kier molecular flexibility index (Phi) is 6.44. The second-order valence-corrected chi connectivity index (χ2v) is 5.78. The molecule has 6 heteroatoms. The lowest BCUT2D eigenvalue weighted by Gasteiger charge is -2.11. The van der Waals surface area contributed by atoms with Gasteiger partial charge in [0.25, 0.3) is 0 Å². The second kappa shape index (κ2) is 8.33. The predicted octanol–water partition coefficient (Wildman–Crippen LogP) is 2.95. The maximum atomic E-state index is 4.69. The molecule has 0 spiro atoms. The standard InChI is InChI=1S/C17H23N5.HI/c1-3-18-17(21-16-10-13(16)2)19-12-14-6-4-7-15(11-14)22-9-5-8-20-22;/h4-9,11,13,16H,3,10,12H2,1-2H3,(H2,18,19,21);1H. The van der Waals surface area contributed by atoms with Crippen molar-refractivity contribution in [3.8, 4) is 5.69 Å². The van der Waals surface area contributed by atoms with Crippen LogP contribution >= 0.6 is 24.0 Å². The summed E-state index contributed by atoms with van der Waals surface area (Å²) in [6.45, 7) is 5.88. The van der Waals surface area contributed by atoms with E-state index in [-0.39, 0.29) is 24.0 Å². The smallest absolute Gasteiger partial charge is 0.191 e. The number of benzene rings is 1. The molecule has 0 bridgehead atoms. The van der Waals surface area contributed by atoms with Gasteiger partial charge in [-0.15, -0.1) is 24.0 Å². The Morgan fingerprint density at radius 3 is 2.87 bits per heavy atom. The first-order valence-electron chi connectivity index (χ1n) is 7.90. The highest BCUT2D eigenvalue weighted by Crippen LogP contribution is 2.28. The molecular weight excluding hydrogens is 401 g/mol. The highest BCUT2D eigenvalue weighted by atomic mass is 127. The van der Waals surface area contributed by atoms with E-state index in [9.17, 15) is 0 Å². The van der Waals surface area contributed by atoms with Gasteiger partial charge in [-0.05, 0) is 43.0 Å². The van der Waals surface area contributed by atoms with E-state index in [0.29, 0.717) is 12.6 Å². The van der Waals surface area contributed by atoms with E-state index >= 15 is 0 Å². The summed E-state index contributed by atoms with van der Waals surface area (Å²) in [5, 5.41) is 11.0. The average Bonchev–Trinajstić information content (AvgIpc) is 3.02. The molecule has 1 fully saturated rings. The summed E-state index contributed by atoms with van der Waals surface area (Å²) in [5.41, 5.74) is 2.24. The minimum Gasteiger partial charge on any atom is -0.357 e. The Balaban J connectivity index is 0.00000192. The molecule has 1 aromatic carbocycles. The fourth-order valence-electron chi connectivity index (χ4n) is 2.41. The van der Waals surface area contributed by atoms with E-state index in [1.165, 1.54) is 12.0 Å². The van der Waals surface area contributed by atoms with Gasteiger partial charge in [0.1, 0.15) is 0 Å². The molecule has 1 aliphatic rings. The second-order valence-electron chi connectivity index (χ2n) is 5.78. The number of hydrogen-bond acceptors (Lipinski definition) is 2. The molecule has 2 aromatic rings. The molecular formula is C17H24IN5. The number of guanidine groups is 1. The molecule has 5 nitrogen and oxygen atoms in total. The van der Waals surface area contributed by atoms with Crippen LogP contribution in [0.3, 0.4) is 0 Å². The number of rotatable bonds is 5. The van der Waals surface area contributed by atoms with Crippen LogP contribution in [0.2, 0.25) is 0 Å². The molecule has 0 amide bonds. The van der Waals surface area contributed by atoms with E-state index in [1.54, 1.807) is 6.20 Å². The quantitative estimate of drug-likeness (QED) is 0.440. The molecule has 1 aliphatic carbocycles. The molecule has 0 radical (unpaired) electrons. The molecule has 2 N–H and O–H groups in total. The summed E-state index contributed by atoms with van der Waals surface area (Å²) in [5.74, 6) is 1.66. The van der Waals surface area contributed by atoms with Gasteiger partial charge in [0.2, 0.25) is 0 Å². The molecule has 2 unspecified atom stereocenters. The predicted molar refractivity (Wildman–Crippen MR) is 104 cm³/mol. The summed E-state index contributed by atoms with van der Waals surface area (Å²) in [6.07, 6.45) is 4.97. The van der Waals surface area contributed by atoms with Crippen molar-refractivity contribution in [1.82, 2.24) is 20.4 Å². The van der Waals surface area contributed by atoms with Gasteiger partial charge in [-0.3, -0.25) is 0 Å². The fraction of sp³-hybridized carbons (Fsp3) is 0.412. The van der Waals surface area contributed by atoms with Crippen LogP contribution in [0, 0.1) is 5.92 Å². The van der Waals surface area contributed by atoms with Crippen LogP contribution in [0.15, 0.2) is 47.7 Å². The topological polar surface area (TPSA) is 54.2 Å². The van der Waals surface area contributed by atoms with Crippen LogP contribution in [-0.2, 0) is 6.54 Å². The Morgan fingerprint density at radius 1 is 1.39 bits per heavy atom. The number of hydrogen-bond donors (Lipinski definition) is 2. The van der Waals surface area contributed by atoms with Crippen molar-refractivity contribution in [1.29, 1.82) is 0 Å². The van der Waals surface area contributed by atoms with Crippen LogP contribution in [0.4, 0.5) is 0 Å². The zero-order valence-corrected chi connectivity index (χ0v) is 15.9. The summed E-state index contributed by atoms with van der Waals surface area (Å²) < 4.78 is 1.86. The molecule has 1 saturated carbocycles. The fourth-order valence-corrected chi connectivity index (χ4v) is 2.41. The summed E-state index contributed by atoms with van der Waals surface area (Å²) >= 11 is 0. The molecule has 0 saturated heterocycles. The maximum Gasteiger partial charge on any atom is 0.191 e. The van der Waals surface area contributed by atoms with Gasteiger partial charge in [0.15, 0.2) is 5.96 Å². The van der Waals surface area contributed by atoms with Crippen molar-refractivity contribution in [2.45, 2.75) is 32.9 Å². The Bertz CT molecular complexity index is 638. The van der Waals surface area contributed by atoms with Crippen LogP contribution in [0.5, 0.6) is 0 Å². The third-order valence-corrected chi connectivity index (χ3v) is 3.88. The van der Waals surface area contributed by atoms with Crippen molar-refractivity contribution in [2.75, 3.05) is 6.54 Å². The Hall–Kier alpha value is -1.57. The normalized spacial score (nSPS) is 19.8. The highest BCUT2D eigenvalue weighted by Gasteiger charge is 2.33. The monoisotopic (exact) mass is 425 g/mol. The number of aliphatic imine (C=N–C) groups is 1. The third kappa shape index (κ3) is 4.95. The molecule has 23 heavy (non-hydrogen) atoms. The van der Waals surface area contributed by atoms with E-state index in [0.717, 1.165) is 24.1 Å². The first-order chi connectivity index (χ1) is 10.8. The van der Waals surface area contributed by atoms with Crippen molar-refractivity contribution < 1.29 is 0 Å². The third-order valence-electron chi connectivity index (χ3n) is 3.88. The number of nitrogens with one attached hydrogen (secondary N) is 2. The molecule has 124 valence electrons. The first-order valence-corrected chi connectivity index (χ1v) is 7.90. The van der Waals surface area contributed by atoms with Crippen LogP contribution in [-0.4, -0.2) is 28.3 Å².